The van der Waals surface area contributed by atoms with Gasteiger partial charge in [0.2, 0.25) is 0 Å². The molecule has 0 aromatic heterocycles. The van der Waals surface area contributed by atoms with E-state index < -0.39 is 0 Å². The minimum Gasteiger partial charge on any atom is -0.336 e. The minimum absolute atomic E-state index is 0.0192. The van der Waals surface area contributed by atoms with Gasteiger partial charge in [-0.1, -0.05) is 30.3 Å². The predicted molar refractivity (Wildman–Crippen MR) is 58.3 cm³/mol. The lowest BCUT2D eigenvalue weighted by Gasteiger charge is -2.22. The van der Waals surface area contributed by atoms with Crippen LogP contribution >= 0.6 is 0 Å². The second-order valence-corrected chi connectivity index (χ2v) is 3.59. The van der Waals surface area contributed by atoms with Crippen LogP contribution in [-0.4, -0.2) is 30.6 Å². The molecule has 4 nitrogen and oxygen atoms in total. The zero-order valence-corrected chi connectivity index (χ0v) is 8.52. The van der Waals surface area contributed by atoms with Crippen LogP contribution in [0.25, 0.3) is 0 Å². The highest BCUT2D eigenvalue weighted by Crippen LogP contribution is 2.23. The molecule has 1 saturated heterocycles. The van der Waals surface area contributed by atoms with Crippen molar-refractivity contribution in [3.8, 4) is 0 Å². The summed E-state index contributed by atoms with van der Waals surface area (Å²) in [6.45, 7) is 1.77. The van der Waals surface area contributed by atoms with Crippen molar-refractivity contribution in [2.45, 2.75) is 6.04 Å². The minimum atomic E-state index is -0.0192. The van der Waals surface area contributed by atoms with Gasteiger partial charge < -0.3 is 16.0 Å². The molecular weight excluding hydrogens is 190 g/mol. The Morgan fingerprint density at radius 2 is 2.13 bits per heavy atom. The summed E-state index contributed by atoms with van der Waals surface area (Å²) in [5, 5.41) is 2.83. The van der Waals surface area contributed by atoms with Gasteiger partial charge in [0.15, 0.2) is 0 Å². The molecule has 0 saturated carbocycles. The quantitative estimate of drug-likeness (QED) is 0.763. The van der Waals surface area contributed by atoms with Gasteiger partial charge in [-0.15, -0.1) is 0 Å². The molecule has 0 aliphatic carbocycles. The number of benzene rings is 1. The highest BCUT2D eigenvalue weighted by Gasteiger charge is 2.30. The summed E-state index contributed by atoms with van der Waals surface area (Å²) >= 11 is 0. The third-order valence-corrected chi connectivity index (χ3v) is 2.64. The number of rotatable bonds is 3. The summed E-state index contributed by atoms with van der Waals surface area (Å²) in [4.78, 5) is 13.3. The summed E-state index contributed by atoms with van der Waals surface area (Å²) < 4.78 is 0. The van der Waals surface area contributed by atoms with Gasteiger partial charge in [-0.3, -0.25) is 0 Å². The van der Waals surface area contributed by atoms with Gasteiger partial charge in [-0.05, 0) is 5.56 Å². The predicted octanol–water partition coefficient (Wildman–Crippen LogP) is 0.712. The van der Waals surface area contributed by atoms with E-state index in [2.05, 4.69) is 5.32 Å². The van der Waals surface area contributed by atoms with Crippen molar-refractivity contribution in [1.82, 2.24) is 10.2 Å². The maximum Gasteiger partial charge on any atom is 0.318 e. The zero-order chi connectivity index (χ0) is 10.7. The van der Waals surface area contributed by atoms with Crippen LogP contribution in [0.2, 0.25) is 0 Å². The molecule has 1 aliphatic rings. The Morgan fingerprint density at radius 3 is 2.80 bits per heavy atom. The highest BCUT2D eigenvalue weighted by atomic mass is 16.2. The van der Waals surface area contributed by atoms with Crippen LogP contribution in [-0.2, 0) is 0 Å². The molecule has 1 unspecified atom stereocenters. The van der Waals surface area contributed by atoms with Crippen LogP contribution in [0.4, 0.5) is 4.79 Å². The molecule has 1 aromatic rings. The van der Waals surface area contributed by atoms with Crippen LogP contribution in [0.1, 0.15) is 11.6 Å². The lowest BCUT2D eigenvalue weighted by atomic mass is 10.1. The first-order chi connectivity index (χ1) is 7.33. The first-order valence-corrected chi connectivity index (χ1v) is 5.12. The molecule has 1 aliphatic heterocycles. The van der Waals surface area contributed by atoms with Gasteiger partial charge >= 0.3 is 6.03 Å². The van der Waals surface area contributed by atoms with E-state index in [0.29, 0.717) is 19.6 Å². The number of nitrogens with zero attached hydrogens (tertiary/aromatic N) is 1. The fourth-order valence-electron chi connectivity index (χ4n) is 1.91. The van der Waals surface area contributed by atoms with E-state index in [1.165, 1.54) is 0 Å². The molecule has 2 rings (SSSR count). The number of hydrogen-bond donors (Lipinski definition) is 2. The Labute approximate surface area is 89.1 Å². The number of hydrogen-bond acceptors (Lipinski definition) is 2. The standard InChI is InChI=1S/C11H15N3O/c12-6-7-14-10(8-13-11(14)15)9-4-2-1-3-5-9/h1-5,10H,6-8,12H2,(H,13,15). The fourth-order valence-corrected chi connectivity index (χ4v) is 1.91. The number of urea groups is 1. The van der Waals surface area contributed by atoms with Crippen LogP contribution in [0.5, 0.6) is 0 Å². The number of nitrogens with one attached hydrogen (secondary N) is 1. The van der Waals surface area contributed by atoms with Gasteiger partial charge in [-0.2, -0.15) is 0 Å². The second kappa shape index (κ2) is 4.31. The molecule has 1 fully saturated rings. The van der Waals surface area contributed by atoms with Crippen LogP contribution in [0.3, 0.4) is 0 Å². The highest BCUT2D eigenvalue weighted by molar-refractivity contribution is 5.77. The normalized spacial score (nSPS) is 20.5. The van der Waals surface area contributed by atoms with E-state index in [-0.39, 0.29) is 12.1 Å². The lowest BCUT2D eigenvalue weighted by molar-refractivity contribution is 0.206. The maximum absolute atomic E-state index is 11.5. The fraction of sp³-hybridized carbons (Fsp3) is 0.364. The first kappa shape index (κ1) is 9.98. The Bertz CT molecular complexity index is 339. The lowest BCUT2D eigenvalue weighted by Crippen LogP contribution is -2.34. The Kier molecular flexibility index (Phi) is 2.87. The van der Waals surface area contributed by atoms with E-state index >= 15 is 0 Å². The van der Waals surface area contributed by atoms with Gasteiger partial charge in [0.1, 0.15) is 0 Å². The van der Waals surface area contributed by atoms with Crippen molar-refractivity contribution < 1.29 is 4.79 Å². The van der Waals surface area contributed by atoms with Gasteiger partial charge in [0.25, 0.3) is 0 Å². The van der Waals surface area contributed by atoms with E-state index in [1.54, 1.807) is 4.90 Å². The van der Waals surface area contributed by atoms with Crippen molar-refractivity contribution in [3.63, 3.8) is 0 Å². The molecule has 1 aromatic carbocycles. The largest absolute Gasteiger partial charge is 0.336 e. The molecule has 2 amide bonds. The van der Waals surface area contributed by atoms with E-state index in [1.807, 2.05) is 30.3 Å². The maximum atomic E-state index is 11.5. The first-order valence-electron chi connectivity index (χ1n) is 5.12. The van der Waals surface area contributed by atoms with Crippen molar-refractivity contribution in [2.75, 3.05) is 19.6 Å². The van der Waals surface area contributed by atoms with Crippen LogP contribution < -0.4 is 11.1 Å². The van der Waals surface area contributed by atoms with Crippen molar-refractivity contribution in [1.29, 1.82) is 0 Å². The van der Waals surface area contributed by atoms with Gasteiger partial charge in [-0.25, -0.2) is 4.79 Å². The molecule has 1 heterocycles. The average Bonchev–Trinajstić information content (AvgIpc) is 2.63. The molecule has 0 spiro atoms. The number of carbonyl (C=O) groups is 1. The SMILES string of the molecule is NCCN1C(=O)NCC1c1ccccc1. The monoisotopic (exact) mass is 205 g/mol. The summed E-state index contributed by atoms with van der Waals surface area (Å²) in [7, 11) is 0. The van der Waals surface area contributed by atoms with Crippen molar-refractivity contribution in [2.24, 2.45) is 5.73 Å². The molecule has 15 heavy (non-hydrogen) atoms. The number of nitrogens with two attached hydrogens (primary N) is 1. The molecule has 1 atom stereocenters. The van der Waals surface area contributed by atoms with Crippen molar-refractivity contribution in [3.05, 3.63) is 35.9 Å². The summed E-state index contributed by atoms with van der Waals surface area (Å²) in [5.74, 6) is 0. The smallest absolute Gasteiger partial charge is 0.318 e. The number of carbonyl (C=O) groups excluding carboxylic acids is 1. The topological polar surface area (TPSA) is 58.4 Å². The third-order valence-electron chi connectivity index (χ3n) is 2.64. The molecule has 3 N–H and O–H groups in total. The van der Waals surface area contributed by atoms with Crippen LogP contribution in [0, 0.1) is 0 Å². The Hall–Kier alpha value is -1.55. The third kappa shape index (κ3) is 1.94. The summed E-state index contributed by atoms with van der Waals surface area (Å²) in [5.41, 5.74) is 6.65. The summed E-state index contributed by atoms with van der Waals surface area (Å²) in [6, 6.07) is 10.1. The van der Waals surface area contributed by atoms with E-state index in [0.717, 1.165) is 5.56 Å². The molecule has 0 bridgehead atoms. The zero-order valence-electron chi connectivity index (χ0n) is 8.52. The number of amides is 2. The molecular formula is C11H15N3O. The van der Waals surface area contributed by atoms with Gasteiger partial charge in [0, 0.05) is 19.6 Å². The van der Waals surface area contributed by atoms with E-state index in [4.69, 9.17) is 5.73 Å². The van der Waals surface area contributed by atoms with Crippen LogP contribution in [0.15, 0.2) is 30.3 Å². The molecule has 80 valence electrons. The van der Waals surface area contributed by atoms with E-state index in [9.17, 15) is 4.79 Å². The second-order valence-electron chi connectivity index (χ2n) is 3.59. The Morgan fingerprint density at radius 1 is 1.40 bits per heavy atom. The average molecular weight is 205 g/mol. The molecule has 0 radical (unpaired) electrons. The summed E-state index contributed by atoms with van der Waals surface area (Å²) in [6.07, 6.45) is 0. The molecule has 4 heteroatoms. The van der Waals surface area contributed by atoms with Crippen molar-refractivity contribution >= 4 is 6.03 Å². The van der Waals surface area contributed by atoms with Gasteiger partial charge in [0.05, 0.1) is 6.04 Å². The Balaban J connectivity index is 2.18.